The first-order valence-electron chi connectivity index (χ1n) is 20.6. The van der Waals surface area contributed by atoms with E-state index in [2.05, 4.69) is 217 Å². The summed E-state index contributed by atoms with van der Waals surface area (Å²) < 4.78 is 12.0. The predicted molar refractivity (Wildman–Crippen MR) is 332 cm³/mol. The van der Waals surface area contributed by atoms with Crippen molar-refractivity contribution in [3.63, 3.8) is 0 Å². The van der Waals surface area contributed by atoms with Crippen LogP contribution >= 0.6 is 27.5 Å². The Morgan fingerprint density at radius 2 is 0.508 bits per heavy atom. The average Bonchev–Trinajstić information content (AvgIpc) is 2.66. The molecule has 0 saturated carbocycles. The van der Waals surface area contributed by atoms with Crippen molar-refractivity contribution in [2.45, 2.75) is 358 Å². The molecule has 0 aromatic carbocycles. The van der Waals surface area contributed by atoms with Crippen LogP contribution in [0.3, 0.4) is 0 Å². The molecule has 0 aliphatic rings. The predicted octanol–water partition coefficient (Wildman–Crippen LogP) is 27.7. The van der Waals surface area contributed by atoms with E-state index in [-0.39, 0.29) is 86.6 Å². The summed E-state index contributed by atoms with van der Waals surface area (Å²) in [6.07, 6.45) is 3.92. The standard InChI is InChI=1S/C8H18.2C7H16.C6H14.C5H12.C4H9Br.C4H9Cl.C4H9F.C4H10.11CH4/c1-7(2,3)8(4,5)6;1-6(2)7(3,4)5;1-5-6-7(2,3)4;1-5-6(2,3)4;1-5(2,3)4;3*1-4(2,3)5;1-4(2)3;;;;;;;;;;;/h1-6H3;6H,1-5H3;5-6H2,1-4H3;5H2,1-4H3;1-4H3;3*1-3H3;4H,1-3H3;11*1H4. The first-order valence-corrected chi connectivity index (χ1v) is 21.8. The molecular formula is C60H157BrClF. The van der Waals surface area contributed by atoms with Crippen LogP contribution in [0, 0.1) is 44.3 Å². The Balaban J connectivity index is -0.0000000181. The molecule has 63 heavy (non-hydrogen) atoms. The van der Waals surface area contributed by atoms with Gasteiger partial charge in [0.25, 0.3) is 0 Å². The molecule has 0 fully saturated rings. The Labute approximate surface area is 432 Å². The molecule has 0 aliphatic carbocycles. The molecule has 0 aliphatic heterocycles. The van der Waals surface area contributed by atoms with Crippen molar-refractivity contribution in [1.82, 2.24) is 0 Å². The van der Waals surface area contributed by atoms with E-state index in [4.69, 9.17) is 11.6 Å². The number of alkyl halides is 3. The van der Waals surface area contributed by atoms with Gasteiger partial charge in [0, 0.05) is 9.20 Å². The molecule has 0 spiro atoms. The van der Waals surface area contributed by atoms with Gasteiger partial charge in [-0.15, -0.1) is 11.6 Å². The third kappa shape index (κ3) is 448. The molecule has 0 heterocycles. The molecule has 0 rings (SSSR count). The zero-order valence-electron chi connectivity index (χ0n) is 43.9. The Bertz CT molecular complexity index is 599. The van der Waals surface area contributed by atoms with Crippen LogP contribution in [0.15, 0.2) is 0 Å². The quantitative estimate of drug-likeness (QED) is 0.230. The molecule has 0 amide bonds. The van der Waals surface area contributed by atoms with E-state index in [1.165, 1.54) is 40.0 Å². The van der Waals surface area contributed by atoms with E-state index in [0.29, 0.717) is 36.8 Å². The highest BCUT2D eigenvalue weighted by Crippen LogP contribution is 2.36. The lowest BCUT2D eigenvalue weighted by atomic mass is 9.71. The summed E-state index contributed by atoms with van der Waals surface area (Å²) in [5.74, 6) is 1.63. The van der Waals surface area contributed by atoms with Crippen molar-refractivity contribution in [3.8, 4) is 0 Å². The van der Waals surface area contributed by atoms with Crippen LogP contribution in [0.2, 0.25) is 0 Å². The van der Waals surface area contributed by atoms with Crippen LogP contribution in [-0.2, 0) is 0 Å². The molecule has 0 atom stereocenters. The van der Waals surface area contributed by atoms with Gasteiger partial charge in [-0.05, 0) is 92.3 Å². The summed E-state index contributed by atoms with van der Waals surface area (Å²) in [6.45, 7) is 74.9. The zero-order chi connectivity index (χ0) is 45.8. The third-order valence-electron chi connectivity index (χ3n) is 6.04. The van der Waals surface area contributed by atoms with Gasteiger partial charge in [-0.25, -0.2) is 4.39 Å². The van der Waals surface area contributed by atoms with Gasteiger partial charge in [0.15, 0.2) is 0 Å². The van der Waals surface area contributed by atoms with Crippen LogP contribution < -0.4 is 0 Å². The van der Waals surface area contributed by atoms with Crippen molar-refractivity contribution in [3.05, 3.63) is 0 Å². The zero-order valence-corrected chi connectivity index (χ0v) is 46.3. The van der Waals surface area contributed by atoms with Gasteiger partial charge < -0.3 is 0 Å². The van der Waals surface area contributed by atoms with E-state index < -0.39 is 5.67 Å². The van der Waals surface area contributed by atoms with Gasteiger partial charge in [0.2, 0.25) is 0 Å². The first kappa shape index (κ1) is 131. The van der Waals surface area contributed by atoms with E-state index in [1.807, 2.05) is 20.8 Å². The van der Waals surface area contributed by atoms with Gasteiger partial charge in [-0.2, -0.15) is 0 Å². The van der Waals surface area contributed by atoms with Gasteiger partial charge in [-0.3, -0.25) is 0 Å². The van der Waals surface area contributed by atoms with E-state index in [0.717, 1.165) is 11.8 Å². The average molecular weight is 1010 g/mol. The molecule has 0 N–H and O–H groups in total. The highest BCUT2D eigenvalue weighted by atomic mass is 79.9. The highest BCUT2D eigenvalue weighted by molar-refractivity contribution is 9.10. The lowest BCUT2D eigenvalue weighted by molar-refractivity contribution is 0.157. The molecule has 0 radical (unpaired) electrons. The summed E-state index contributed by atoms with van der Waals surface area (Å²) in [4.78, 5) is -0.0278. The molecule has 0 saturated heterocycles. The normalized spacial score (nSPS) is 10.1. The molecule has 0 nitrogen and oxygen atoms in total. The van der Waals surface area contributed by atoms with Crippen molar-refractivity contribution in [2.75, 3.05) is 0 Å². The second-order valence-electron chi connectivity index (χ2n) is 25.2. The molecule has 0 aromatic heterocycles. The smallest absolute Gasteiger partial charge is 0.102 e. The number of halogens is 3. The van der Waals surface area contributed by atoms with E-state index in [1.54, 1.807) is 0 Å². The summed E-state index contributed by atoms with van der Waals surface area (Å²) in [7, 11) is 0. The number of hydrogen-bond donors (Lipinski definition) is 0. The maximum absolute atomic E-state index is 11.7. The Kier molecular flexibility index (Phi) is 122. The fraction of sp³-hybridized carbons (Fsp3) is 1.00. The Hall–Kier alpha value is 0.700. The minimum Gasteiger partial charge on any atom is -0.245 e. The number of hydrogen-bond acceptors (Lipinski definition) is 0. The minimum atomic E-state index is -1.00. The van der Waals surface area contributed by atoms with Gasteiger partial charge >= 0.3 is 0 Å². The summed E-state index contributed by atoms with van der Waals surface area (Å²) in [6, 6.07) is 0. The fourth-order valence-corrected chi connectivity index (χ4v) is 0.750. The van der Waals surface area contributed by atoms with Crippen molar-refractivity contribution < 1.29 is 4.39 Å². The topological polar surface area (TPSA) is 0 Å². The van der Waals surface area contributed by atoms with Crippen molar-refractivity contribution in [1.29, 1.82) is 0 Å². The lowest BCUT2D eigenvalue weighted by Crippen LogP contribution is -2.25. The van der Waals surface area contributed by atoms with Crippen molar-refractivity contribution >= 4 is 27.5 Å². The van der Waals surface area contributed by atoms with Gasteiger partial charge in [-0.1, -0.05) is 311 Å². The van der Waals surface area contributed by atoms with Gasteiger partial charge in [0.05, 0.1) is 0 Å². The van der Waals surface area contributed by atoms with E-state index in [9.17, 15) is 4.39 Å². The number of rotatable bonds is 1. The SMILES string of the molecule is C.C.C.C.C.C.C.C.C.C.C.CC(C)(C)Br.CC(C)(C)C.CC(C)(C)C(C)(C)C.CC(C)(C)Cl.CC(C)(C)F.CC(C)C.CC(C)C(C)(C)C.CCC(C)(C)C.CCCC(C)(C)C. The highest BCUT2D eigenvalue weighted by Gasteiger charge is 2.26. The van der Waals surface area contributed by atoms with Crippen LogP contribution in [-0.4, -0.2) is 14.9 Å². The second kappa shape index (κ2) is 58.8. The van der Waals surface area contributed by atoms with Crippen LogP contribution in [0.4, 0.5) is 4.39 Å². The maximum Gasteiger partial charge on any atom is 0.102 e. The largest absolute Gasteiger partial charge is 0.245 e. The summed E-state index contributed by atoms with van der Waals surface area (Å²) >= 11 is 8.91. The molecule has 3 heteroatoms. The minimum absolute atomic E-state index is 0. The molecule has 0 bridgehead atoms. The summed E-state index contributed by atoms with van der Waals surface area (Å²) in [5.41, 5.74) is 1.97. The fourth-order valence-electron chi connectivity index (χ4n) is 0.750. The summed E-state index contributed by atoms with van der Waals surface area (Å²) in [5, 5.41) is 0. The second-order valence-corrected chi connectivity index (χ2v) is 28.7. The molecule has 0 aromatic rings. The Morgan fingerprint density at radius 3 is 0.508 bits per heavy atom. The first-order chi connectivity index (χ1) is 21.5. The van der Waals surface area contributed by atoms with Crippen LogP contribution in [0.25, 0.3) is 0 Å². The molecular weight excluding hydrogens is 855 g/mol. The third-order valence-corrected chi connectivity index (χ3v) is 6.04. The van der Waals surface area contributed by atoms with Crippen LogP contribution in [0.5, 0.6) is 0 Å². The monoisotopic (exact) mass is 1010 g/mol. The molecule has 0 unspecified atom stereocenters. The molecule has 418 valence electrons. The Morgan fingerprint density at radius 1 is 0.413 bits per heavy atom. The van der Waals surface area contributed by atoms with Crippen LogP contribution in [0.1, 0.15) is 343 Å². The van der Waals surface area contributed by atoms with Gasteiger partial charge in [0.1, 0.15) is 5.67 Å². The van der Waals surface area contributed by atoms with Crippen molar-refractivity contribution in [2.24, 2.45) is 44.3 Å². The lowest BCUT2D eigenvalue weighted by Gasteiger charge is -2.34. The maximum atomic E-state index is 11.7. The van der Waals surface area contributed by atoms with E-state index >= 15 is 0 Å².